The van der Waals surface area contributed by atoms with Gasteiger partial charge in [-0.05, 0) is 53.8 Å². The van der Waals surface area contributed by atoms with E-state index in [2.05, 4.69) is 0 Å². The van der Waals surface area contributed by atoms with Gasteiger partial charge in [-0.25, -0.2) is 4.39 Å². The summed E-state index contributed by atoms with van der Waals surface area (Å²) in [6.45, 7) is 0. The SMILES string of the molecule is O=C([O-])C[C@H](O)C[C@H](O)/C=C/c1cc2c(-c3ccc(F)cc3)cccc2nc1C1CC1.[Ca+2]. The molecule has 0 spiro atoms. The summed E-state index contributed by atoms with van der Waals surface area (Å²) < 4.78 is 13.4. The molecule has 160 valence electrons. The van der Waals surface area contributed by atoms with Crippen LogP contribution in [0.5, 0.6) is 0 Å². The van der Waals surface area contributed by atoms with Gasteiger partial charge in [0.05, 0.1) is 23.4 Å². The maximum absolute atomic E-state index is 13.4. The number of carboxylic acid groups (broad SMARTS) is 1. The molecule has 0 unspecified atom stereocenters. The van der Waals surface area contributed by atoms with Crippen LogP contribution >= 0.6 is 0 Å². The third kappa shape index (κ3) is 6.15. The number of carbonyl (C=O) groups excluding carboxylic acids is 1. The first kappa shape index (κ1) is 24.8. The third-order valence-electron chi connectivity index (χ3n) is 5.45. The van der Waals surface area contributed by atoms with Crippen LogP contribution in [0.2, 0.25) is 0 Å². The zero-order valence-corrected chi connectivity index (χ0v) is 19.8. The molecule has 0 amide bonds. The van der Waals surface area contributed by atoms with E-state index in [1.165, 1.54) is 12.1 Å². The molecule has 1 heterocycles. The summed E-state index contributed by atoms with van der Waals surface area (Å²) in [5.41, 5.74) is 4.51. The van der Waals surface area contributed by atoms with Crippen molar-refractivity contribution in [2.45, 2.75) is 43.8 Å². The average molecular weight is 461 g/mol. The Balaban J connectivity index is 0.00000289. The number of rotatable bonds is 8. The molecule has 4 rings (SSSR count). The fraction of sp³-hybridized carbons (Fsp3) is 0.280. The van der Waals surface area contributed by atoms with E-state index in [9.17, 15) is 24.5 Å². The number of aliphatic carboxylic acids is 1. The van der Waals surface area contributed by atoms with E-state index in [-0.39, 0.29) is 50.0 Å². The molecule has 0 radical (unpaired) electrons. The fourth-order valence-corrected chi connectivity index (χ4v) is 3.77. The Morgan fingerprint density at radius 3 is 2.56 bits per heavy atom. The smallest absolute Gasteiger partial charge is 0.550 e. The summed E-state index contributed by atoms with van der Waals surface area (Å²) in [5.74, 6) is -1.28. The molecule has 2 atom stereocenters. The number of hydrogen-bond donors (Lipinski definition) is 2. The Hall–Kier alpha value is -1.83. The van der Waals surface area contributed by atoms with Crippen LogP contribution in [-0.2, 0) is 4.79 Å². The molecule has 0 aliphatic heterocycles. The topological polar surface area (TPSA) is 93.5 Å². The number of benzene rings is 2. The van der Waals surface area contributed by atoms with E-state index in [1.54, 1.807) is 24.3 Å². The van der Waals surface area contributed by atoms with E-state index >= 15 is 0 Å². The van der Waals surface area contributed by atoms with E-state index in [1.807, 2.05) is 24.3 Å². The van der Waals surface area contributed by atoms with Gasteiger partial charge in [0.1, 0.15) is 5.82 Å². The molecule has 1 aliphatic rings. The van der Waals surface area contributed by atoms with Gasteiger partial charge in [-0.1, -0.05) is 36.4 Å². The Kier molecular flexibility index (Phi) is 8.42. The summed E-state index contributed by atoms with van der Waals surface area (Å²) >= 11 is 0. The minimum atomic E-state index is -1.35. The van der Waals surface area contributed by atoms with Crippen molar-refractivity contribution in [3.8, 4) is 11.1 Å². The van der Waals surface area contributed by atoms with Crippen molar-refractivity contribution in [3.05, 3.63) is 71.7 Å². The number of aliphatic hydroxyl groups is 2. The molecule has 7 heteroatoms. The molecule has 1 fully saturated rings. The predicted molar refractivity (Wildman–Crippen MR) is 120 cm³/mol. The van der Waals surface area contributed by atoms with Crippen LogP contribution in [0.15, 0.2) is 54.6 Å². The van der Waals surface area contributed by atoms with Crippen LogP contribution < -0.4 is 5.11 Å². The van der Waals surface area contributed by atoms with Crippen molar-refractivity contribution in [2.24, 2.45) is 0 Å². The Bertz CT molecular complexity index is 1130. The van der Waals surface area contributed by atoms with Gasteiger partial charge < -0.3 is 20.1 Å². The van der Waals surface area contributed by atoms with Gasteiger partial charge in [0.15, 0.2) is 0 Å². The Morgan fingerprint density at radius 1 is 1.19 bits per heavy atom. The van der Waals surface area contributed by atoms with Gasteiger partial charge in [0.2, 0.25) is 0 Å². The van der Waals surface area contributed by atoms with Crippen molar-refractivity contribution < 1.29 is 24.5 Å². The maximum Gasteiger partial charge on any atom is 2.00 e. The second-order valence-electron chi connectivity index (χ2n) is 8.01. The molecule has 1 saturated carbocycles. The van der Waals surface area contributed by atoms with Crippen molar-refractivity contribution in [2.75, 3.05) is 0 Å². The van der Waals surface area contributed by atoms with Crippen molar-refractivity contribution in [3.63, 3.8) is 0 Å². The molecule has 2 aromatic carbocycles. The fourth-order valence-electron chi connectivity index (χ4n) is 3.77. The summed E-state index contributed by atoms with van der Waals surface area (Å²) in [6, 6.07) is 14.2. The first-order valence-corrected chi connectivity index (χ1v) is 10.3. The zero-order valence-electron chi connectivity index (χ0n) is 17.6. The van der Waals surface area contributed by atoms with E-state index in [0.717, 1.165) is 46.1 Å². The number of nitrogens with zero attached hydrogens (tertiary/aromatic N) is 1. The quantitative estimate of drug-likeness (QED) is 0.504. The van der Waals surface area contributed by atoms with Crippen LogP contribution in [0.3, 0.4) is 0 Å². The monoisotopic (exact) mass is 460 g/mol. The van der Waals surface area contributed by atoms with Crippen molar-refractivity contribution in [1.29, 1.82) is 0 Å². The molecule has 3 aromatic rings. The zero-order chi connectivity index (χ0) is 22.0. The number of pyridine rings is 1. The second kappa shape index (κ2) is 10.9. The normalized spacial score (nSPS) is 15.5. The summed E-state index contributed by atoms with van der Waals surface area (Å²) in [6.07, 6.45) is 2.66. The van der Waals surface area contributed by atoms with E-state index in [4.69, 9.17) is 4.98 Å². The van der Waals surface area contributed by atoms with E-state index in [0.29, 0.717) is 5.92 Å². The number of aliphatic hydroxyl groups excluding tert-OH is 2. The van der Waals surface area contributed by atoms with Gasteiger partial charge in [-0.3, -0.25) is 4.98 Å². The van der Waals surface area contributed by atoms with Gasteiger partial charge in [-0.15, -0.1) is 0 Å². The van der Waals surface area contributed by atoms with E-state index < -0.39 is 24.6 Å². The molecule has 0 bridgehead atoms. The maximum atomic E-state index is 13.4. The molecule has 1 aromatic heterocycles. The molecule has 5 nitrogen and oxygen atoms in total. The molecular formula is C25H23CaFNO4+. The van der Waals surface area contributed by atoms with Gasteiger partial charge in [-0.2, -0.15) is 0 Å². The number of hydrogen-bond acceptors (Lipinski definition) is 5. The predicted octanol–water partition coefficient (Wildman–Crippen LogP) is 2.80. The first-order valence-electron chi connectivity index (χ1n) is 10.3. The second-order valence-corrected chi connectivity index (χ2v) is 8.01. The Labute approximate surface area is 215 Å². The minimum absolute atomic E-state index is 0. The average Bonchev–Trinajstić information content (AvgIpc) is 3.56. The van der Waals surface area contributed by atoms with Crippen LogP contribution in [0.4, 0.5) is 4.39 Å². The number of halogens is 1. The van der Waals surface area contributed by atoms with Crippen LogP contribution in [-0.4, -0.2) is 71.1 Å². The standard InChI is InChI=1S/C25H24FNO4.Ca/c26-18-9-6-15(7-10-18)21-2-1-3-23-22(21)12-17(25(27-23)16-4-5-16)8-11-19(28)13-20(29)14-24(30)31;/h1-3,6-12,16,19-20,28-29H,4-5,13-14H2,(H,30,31);/q;+2/p-1/b11-8+;/t19-,20-;/m1./s1. The minimum Gasteiger partial charge on any atom is -0.550 e. The molecule has 2 N–H and O–H groups in total. The largest absolute Gasteiger partial charge is 2.00 e. The van der Waals surface area contributed by atoms with Crippen LogP contribution in [0.1, 0.15) is 42.9 Å². The third-order valence-corrected chi connectivity index (χ3v) is 5.45. The van der Waals surface area contributed by atoms with Gasteiger partial charge >= 0.3 is 37.7 Å². The number of aromatic nitrogens is 1. The molecule has 32 heavy (non-hydrogen) atoms. The van der Waals surface area contributed by atoms with Crippen LogP contribution in [0, 0.1) is 5.82 Å². The summed E-state index contributed by atoms with van der Waals surface area (Å²) in [4.78, 5) is 15.5. The molecule has 1 aliphatic carbocycles. The number of carboxylic acids is 1. The first-order chi connectivity index (χ1) is 14.9. The molecular weight excluding hydrogens is 437 g/mol. The Morgan fingerprint density at radius 2 is 1.91 bits per heavy atom. The van der Waals surface area contributed by atoms with Crippen LogP contribution in [0.25, 0.3) is 28.1 Å². The number of carbonyl (C=O) groups is 1. The molecule has 0 saturated heterocycles. The van der Waals surface area contributed by atoms with Gasteiger partial charge in [0, 0.05) is 30.1 Å². The summed E-state index contributed by atoms with van der Waals surface area (Å²) in [5, 5.41) is 31.4. The van der Waals surface area contributed by atoms with Gasteiger partial charge in [0.25, 0.3) is 0 Å². The summed E-state index contributed by atoms with van der Waals surface area (Å²) in [7, 11) is 0. The van der Waals surface area contributed by atoms with Crippen molar-refractivity contribution in [1.82, 2.24) is 4.98 Å². The number of fused-ring (bicyclic) bond motifs is 1. The van der Waals surface area contributed by atoms with Crippen molar-refractivity contribution >= 4 is 60.7 Å².